The predicted octanol–water partition coefficient (Wildman–Crippen LogP) is 3.73. The molecular weight excluding hydrogens is 492 g/mol. The van der Waals surface area contributed by atoms with Gasteiger partial charge in [0.25, 0.3) is 11.1 Å². The Balaban J connectivity index is 1.60. The molecule has 8 nitrogen and oxygen atoms in total. The monoisotopic (exact) mass is 508 g/mol. The van der Waals surface area contributed by atoms with Gasteiger partial charge >= 0.3 is 0 Å². The van der Waals surface area contributed by atoms with E-state index in [-0.39, 0.29) is 11.1 Å². The molecule has 0 amide bonds. The maximum atomic E-state index is 13.3. The number of hydrogen-bond acceptors (Lipinski definition) is 6. The number of halogens is 1. The second-order valence-electron chi connectivity index (χ2n) is 7.10. The van der Waals surface area contributed by atoms with Crippen molar-refractivity contribution in [2.45, 2.75) is 24.3 Å². The Labute approximate surface area is 194 Å². The van der Waals surface area contributed by atoms with Gasteiger partial charge in [0, 0.05) is 22.5 Å². The number of fused-ring (bicyclic) bond motifs is 2. The van der Waals surface area contributed by atoms with Crippen molar-refractivity contribution < 1.29 is 0 Å². The van der Waals surface area contributed by atoms with Crippen LogP contribution in [0.3, 0.4) is 0 Å². The molecule has 0 aliphatic rings. The molecule has 0 saturated carbocycles. The molecule has 0 aliphatic carbocycles. The number of para-hydroxylation sites is 1. The molecule has 160 valence electrons. The molecule has 0 radical (unpaired) electrons. The van der Waals surface area contributed by atoms with Gasteiger partial charge in [-0.2, -0.15) is 5.10 Å². The maximum Gasteiger partial charge on any atom is 0.269 e. The van der Waals surface area contributed by atoms with Crippen molar-refractivity contribution in [3.63, 3.8) is 0 Å². The summed E-state index contributed by atoms with van der Waals surface area (Å²) in [4.78, 5) is 35.1. The van der Waals surface area contributed by atoms with E-state index >= 15 is 0 Å². The molecule has 0 aliphatic heterocycles. The molecule has 32 heavy (non-hydrogen) atoms. The second-order valence-corrected chi connectivity index (χ2v) is 8.96. The quantitative estimate of drug-likeness (QED) is 0.287. The first-order valence-electron chi connectivity index (χ1n) is 9.90. The average Bonchev–Trinajstić information content (AvgIpc) is 3.27. The topological polar surface area (TPSA) is 97.9 Å². The molecule has 10 heteroatoms. The second kappa shape index (κ2) is 8.36. The molecule has 1 N–H and O–H groups in total. The smallest absolute Gasteiger partial charge is 0.269 e. The minimum atomic E-state index is -0.191. The van der Waals surface area contributed by atoms with E-state index in [2.05, 4.69) is 36.1 Å². The van der Waals surface area contributed by atoms with Crippen LogP contribution in [0.1, 0.15) is 18.2 Å². The lowest BCUT2D eigenvalue weighted by Gasteiger charge is -2.15. The highest BCUT2D eigenvalue weighted by molar-refractivity contribution is 9.10. The highest BCUT2D eigenvalue weighted by Gasteiger charge is 2.17. The fourth-order valence-electron chi connectivity index (χ4n) is 3.55. The largest absolute Gasteiger partial charge is 0.269 e. The Morgan fingerprint density at radius 2 is 1.97 bits per heavy atom. The van der Waals surface area contributed by atoms with E-state index in [1.54, 1.807) is 16.8 Å². The zero-order valence-electron chi connectivity index (χ0n) is 16.9. The lowest BCUT2D eigenvalue weighted by Crippen LogP contribution is -2.22. The number of nitrogens with zero attached hydrogens (tertiary/aromatic N) is 5. The lowest BCUT2D eigenvalue weighted by atomic mass is 10.1. The summed E-state index contributed by atoms with van der Waals surface area (Å²) >= 11 is 4.72. The summed E-state index contributed by atoms with van der Waals surface area (Å²) in [6.07, 6.45) is 3.96. The first-order chi connectivity index (χ1) is 15.5. The molecule has 4 heterocycles. The van der Waals surface area contributed by atoms with E-state index in [4.69, 9.17) is 0 Å². The summed E-state index contributed by atoms with van der Waals surface area (Å²) < 4.78 is 3.90. The van der Waals surface area contributed by atoms with Crippen LogP contribution in [0.15, 0.2) is 74.1 Å². The minimum absolute atomic E-state index is 0.169. The minimum Gasteiger partial charge on any atom is -0.269 e. The first-order valence-corrected chi connectivity index (χ1v) is 11.7. The van der Waals surface area contributed by atoms with Gasteiger partial charge in [-0.1, -0.05) is 36.9 Å². The molecule has 0 unspecified atom stereocenters. The van der Waals surface area contributed by atoms with Crippen LogP contribution in [0.4, 0.5) is 0 Å². The van der Waals surface area contributed by atoms with Crippen LogP contribution in [0.25, 0.3) is 22.4 Å². The molecule has 5 aromatic rings. The molecular formula is C22H17BrN6O2S. The van der Waals surface area contributed by atoms with E-state index in [0.29, 0.717) is 33.3 Å². The normalized spacial score (nSPS) is 11.4. The number of rotatable bonds is 5. The van der Waals surface area contributed by atoms with E-state index in [1.807, 2.05) is 37.3 Å². The molecule has 0 spiro atoms. The van der Waals surface area contributed by atoms with Gasteiger partial charge in [0.2, 0.25) is 0 Å². The van der Waals surface area contributed by atoms with Gasteiger partial charge in [0.15, 0.2) is 10.8 Å². The highest BCUT2D eigenvalue weighted by atomic mass is 79.9. The van der Waals surface area contributed by atoms with E-state index in [9.17, 15) is 9.59 Å². The van der Waals surface area contributed by atoms with Gasteiger partial charge in [-0.15, -0.1) is 0 Å². The van der Waals surface area contributed by atoms with Crippen LogP contribution in [0.5, 0.6) is 0 Å². The first kappa shape index (κ1) is 20.7. The van der Waals surface area contributed by atoms with Gasteiger partial charge < -0.3 is 0 Å². The van der Waals surface area contributed by atoms with Crippen molar-refractivity contribution in [3.05, 3.63) is 91.3 Å². The summed E-state index contributed by atoms with van der Waals surface area (Å²) in [5, 5.41) is 7.69. The van der Waals surface area contributed by atoms with Gasteiger partial charge in [-0.05, 0) is 46.1 Å². The van der Waals surface area contributed by atoms with Crippen LogP contribution in [-0.4, -0.2) is 29.1 Å². The number of benzene rings is 1. The third-order valence-electron chi connectivity index (χ3n) is 5.09. The molecule has 5 rings (SSSR count). The summed E-state index contributed by atoms with van der Waals surface area (Å²) in [5.41, 5.74) is 3.06. The fourth-order valence-corrected chi connectivity index (χ4v) is 4.78. The van der Waals surface area contributed by atoms with E-state index < -0.39 is 0 Å². The van der Waals surface area contributed by atoms with Crippen LogP contribution in [-0.2, 0) is 12.2 Å². The zero-order valence-corrected chi connectivity index (χ0v) is 19.4. The van der Waals surface area contributed by atoms with Crippen LogP contribution >= 0.6 is 27.7 Å². The standard InChI is InChI=1S/C22H17BrN6O2S/c1-2-13-5-3-4-6-17(13)29-21(31)16-10-24-27-20(16)26-22(29)32-12-15-9-19(30)28-11-14(23)7-8-18(28)25-15/h3-11H,2,12H2,1H3,(H,24,27). The van der Waals surface area contributed by atoms with Crippen molar-refractivity contribution in [1.29, 1.82) is 0 Å². The predicted molar refractivity (Wildman–Crippen MR) is 128 cm³/mol. The molecule has 0 atom stereocenters. The third-order valence-corrected chi connectivity index (χ3v) is 6.53. The van der Waals surface area contributed by atoms with Crippen molar-refractivity contribution in [2.75, 3.05) is 0 Å². The number of H-pyrrole nitrogens is 1. The number of pyridine rings is 1. The lowest BCUT2D eigenvalue weighted by molar-refractivity contribution is 0.804. The number of nitrogens with one attached hydrogen (secondary N) is 1. The number of hydrogen-bond donors (Lipinski definition) is 1. The molecule has 4 aromatic heterocycles. The van der Waals surface area contributed by atoms with Crippen molar-refractivity contribution in [3.8, 4) is 5.69 Å². The number of aromatic amines is 1. The Bertz CT molecular complexity index is 1590. The van der Waals surface area contributed by atoms with Crippen LogP contribution in [0, 0.1) is 0 Å². The summed E-state index contributed by atoms with van der Waals surface area (Å²) in [5.74, 6) is 0.377. The SMILES string of the molecule is CCc1ccccc1-n1c(SCc2cc(=O)n3cc(Br)ccc3n2)nc2[nH]ncc2c1=O. The molecule has 0 saturated heterocycles. The van der Waals surface area contributed by atoms with Gasteiger partial charge in [0.05, 0.1) is 17.6 Å². The number of aryl methyl sites for hydroxylation is 1. The summed E-state index contributed by atoms with van der Waals surface area (Å²) in [6, 6.07) is 12.9. The third kappa shape index (κ3) is 3.65. The average molecular weight is 509 g/mol. The summed E-state index contributed by atoms with van der Waals surface area (Å²) in [6.45, 7) is 2.05. The van der Waals surface area contributed by atoms with E-state index in [0.717, 1.165) is 22.1 Å². The van der Waals surface area contributed by atoms with Gasteiger partial charge in [-0.25, -0.2) is 9.97 Å². The molecule has 1 aromatic carbocycles. The number of aromatic nitrogens is 6. The van der Waals surface area contributed by atoms with Crippen LogP contribution < -0.4 is 11.1 Å². The Morgan fingerprint density at radius 1 is 1.12 bits per heavy atom. The summed E-state index contributed by atoms with van der Waals surface area (Å²) in [7, 11) is 0. The van der Waals surface area contributed by atoms with Crippen molar-refractivity contribution in [2.24, 2.45) is 0 Å². The fraction of sp³-hybridized carbons (Fsp3) is 0.136. The van der Waals surface area contributed by atoms with Gasteiger partial charge in [-0.3, -0.25) is 23.7 Å². The Morgan fingerprint density at radius 3 is 2.81 bits per heavy atom. The molecule has 0 fully saturated rings. The number of thioether (sulfide) groups is 1. The highest BCUT2D eigenvalue weighted by Crippen LogP contribution is 2.25. The van der Waals surface area contributed by atoms with Crippen molar-refractivity contribution in [1.82, 2.24) is 29.1 Å². The van der Waals surface area contributed by atoms with Crippen LogP contribution in [0.2, 0.25) is 0 Å². The molecule has 0 bridgehead atoms. The van der Waals surface area contributed by atoms with E-state index in [1.165, 1.54) is 28.4 Å². The van der Waals surface area contributed by atoms with Gasteiger partial charge in [0.1, 0.15) is 11.0 Å². The maximum absolute atomic E-state index is 13.3. The Kier molecular flexibility index (Phi) is 5.40. The van der Waals surface area contributed by atoms with Crippen molar-refractivity contribution >= 4 is 44.4 Å². The Hall–Kier alpha value is -3.24. The zero-order chi connectivity index (χ0) is 22.2.